The molecule has 0 saturated heterocycles. The van der Waals surface area contributed by atoms with Crippen LogP contribution in [0.5, 0.6) is 0 Å². The van der Waals surface area contributed by atoms with Crippen LogP contribution in [-0.4, -0.2) is 32.0 Å². The number of nitrogens with one attached hydrogen (secondary N) is 2. The van der Waals surface area contributed by atoms with Crippen molar-refractivity contribution >= 4 is 17.4 Å². The molecule has 0 unspecified atom stereocenters. The van der Waals surface area contributed by atoms with E-state index in [1.165, 1.54) is 0 Å². The van der Waals surface area contributed by atoms with E-state index in [0.717, 1.165) is 34.6 Å². The molecular formula is C22H22N6O. The van der Waals surface area contributed by atoms with Crippen LogP contribution in [0.4, 0.5) is 5.82 Å². The Hall–Kier alpha value is -3.74. The van der Waals surface area contributed by atoms with Crippen LogP contribution in [0.2, 0.25) is 0 Å². The Bertz CT molecular complexity index is 1120. The summed E-state index contributed by atoms with van der Waals surface area (Å²) in [6.45, 7) is 3.32. The highest BCUT2D eigenvalue weighted by Crippen LogP contribution is 2.25. The molecule has 4 aromatic rings. The number of hydrogen-bond acceptors (Lipinski definition) is 5. The fourth-order valence-electron chi connectivity index (χ4n) is 3.03. The Morgan fingerprint density at radius 1 is 1.14 bits per heavy atom. The third-order valence-corrected chi connectivity index (χ3v) is 4.54. The first-order valence-corrected chi connectivity index (χ1v) is 9.60. The molecule has 0 aliphatic carbocycles. The number of aromatic nitrogens is 4. The van der Waals surface area contributed by atoms with Crippen LogP contribution in [0.25, 0.3) is 16.8 Å². The van der Waals surface area contributed by atoms with Gasteiger partial charge in [0.2, 0.25) is 0 Å². The van der Waals surface area contributed by atoms with Crippen molar-refractivity contribution in [3.8, 4) is 11.1 Å². The Morgan fingerprint density at radius 2 is 2.07 bits per heavy atom. The van der Waals surface area contributed by atoms with Crippen LogP contribution in [0.3, 0.4) is 0 Å². The van der Waals surface area contributed by atoms with E-state index in [2.05, 4.69) is 20.7 Å². The number of amides is 1. The minimum absolute atomic E-state index is 0.0723. The molecule has 0 fully saturated rings. The standard InChI is InChI=1S/C22H22N6O/c1-2-9-24-22(29)18-7-3-6-17(12-18)19-15-26-28-11-8-20(27-21(19)28)25-14-16-5-4-10-23-13-16/h3-8,10-13,15H,2,9,14H2,1H3,(H,24,29)(H,25,27). The van der Waals surface area contributed by atoms with Crippen LogP contribution < -0.4 is 10.6 Å². The van der Waals surface area contributed by atoms with Crippen molar-refractivity contribution in [1.82, 2.24) is 24.9 Å². The first-order chi connectivity index (χ1) is 14.2. The second-order valence-corrected chi connectivity index (χ2v) is 6.69. The number of anilines is 1. The lowest BCUT2D eigenvalue weighted by molar-refractivity contribution is 0.0953. The summed E-state index contributed by atoms with van der Waals surface area (Å²) in [5.74, 6) is 0.678. The summed E-state index contributed by atoms with van der Waals surface area (Å²) in [6.07, 6.45) is 8.12. The van der Waals surface area contributed by atoms with Gasteiger partial charge in [0.15, 0.2) is 5.65 Å². The van der Waals surface area contributed by atoms with Crippen LogP contribution in [0, 0.1) is 0 Å². The number of pyridine rings is 1. The highest BCUT2D eigenvalue weighted by Gasteiger charge is 2.12. The van der Waals surface area contributed by atoms with Crippen molar-refractivity contribution < 1.29 is 4.79 Å². The molecule has 0 aliphatic heterocycles. The Labute approximate surface area is 168 Å². The van der Waals surface area contributed by atoms with Gasteiger partial charge in [-0.05, 0) is 41.8 Å². The smallest absolute Gasteiger partial charge is 0.251 e. The van der Waals surface area contributed by atoms with E-state index in [-0.39, 0.29) is 5.91 Å². The van der Waals surface area contributed by atoms with Crippen molar-refractivity contribution in [2.75, 3.05) is 11.9 Å². The average Bonchev–Trinajstić information content (AvgIpc) is 3.20. The number of rotatable bonds is 7. The SMILES string of the molecule is CCCNC(=O)c1cccc(-c2cnn3ccc(NCc4cccnc4)nc23)c1. The predicted molar refractivity (Wildman–Crippen MR) is 113 cm³/mol. The van der Waals surface area contributed by atoms with Crippen molar-refractivity contribution in [3.05, 3.63) is 78.4 Å². The predicted octanol–water partition coefficient (Wildman–Crippen LogP) is 3.54. The summed E-state index contributed by atoms with van der Waals surface area (Å²) in [4.78, 5) is 21.1. The Balaban J connectivity index is 1.60. The summed E-state index contributed by atoms with van der Waals surface area (Å²) in [6, 6.07) is 13.3. The minimum atomic E-state index is -0.0723. The highest BCUT2D eigenvalue weighted by molar-refractivity contribution is 5.96. The quantitative estimate of drug-likeness (QED) is 0.507. The zero-order valence-corrected chi connectivity index (χ0v) is 16.2. The summed E-state index contributed by atoms with van der Waals surface area (Å²) in [5, 5.41) is 10.6. The van der Waals surface area contributed by atoms with Crippen LogP contribution >= 0.6 is 0 Å². The van der Waals surface area contributed by atoms with Crippen LogP contribution in [0.1, 0.15) is 29.3 Å². The summed E-state index contributed by atoms with van der Waals surface area (Å²) in [7, 11) is 0. The van der Waals surface area contributed by atoms with Gasteiger partial charge in [-0.1, -0.05) is 25.1 Å². The molecule has 0 aliphatic rings. The molecule has 0 atom stereocenters. The zero-order valence-electron chi connectivity index (χ0n) is 16.2. The van der Waals surface area contributed by atoms with E-state index in [1.54, 1.807) is 16.9 Å². The monoisotopic (exact) mass is 386 g/mol. The third kappa shape index (κ3) is 4.24. The minimum Gasteiger partial charge on any atom is -0.366 e. The van der Waals surface area contributed by atoms with E-state index in [0.29, 0.717) is 18.7 Å². The lowest BCUT2D eigenvalue weighted by Gasteiger charge is -2.07. The molecule has 0 radical (unpaired) electrons. The maximum absolute atomic E-state index is 12.3. The van der Waals surface area contributed by atoms with Gasteiger partial charge in [-0.2, -0.15) is 5.10 Å². The molecule has 1 aromatic carbocycles. The number of benzene rings is 1. The highest BCUT2D eigenvalue weighted by atomic mass is 16.1. The molecule has 146 valence electrons. The molecule has 0 saturated carbocycles. The van der Waals surface area contributed by atoms with Gasteiger partial charge in [-0.3, -0.25) is 9.78 Å². The Kier molecular flexibility index (Phi) is 5.47. The number of fused-ring (bicyclic) bond motifs is 1. The van der Waals surface area contributed by atoms with Gasteiger partial charge in [0.1, 0.15) is 5.82 Å². The molecule has 3 heterocycles. The van der Waals surface area contributed by atoms with E-state index in [1.807, 2.05) is 61.8 Å². The van der Waals surface area contributed by atoms with Gasteiger partial charge in [-0.15, -0.1) is 0 Å². The fraction of sp³-hybridized carbons (Fsp3) is 0.182. The van der Waals surface area contributed by atoms with Crippen molar-refractivity contribution in [1.29, 1.82) is 0 Å². The lowest BCUT2D eigenvalue weighted by atomic mass is 10.1. The molecule has 1 amide bonds. The van der Waals surface area contributed by atoms with Gasteiger partial charge < -0.3 is 10.6 Å². The molecule has 0 bridgehead atoms. The van der Waals surface area contributed by atoms with Crippen LogP contribution in [-0.2, 0) is 6.54 Å². The van der Waals surface area contributed by atoms with Crippen molar-refractivity contribution in [2.24, 2.45) is 0 Å². The number of nitrogens with zero attached hydrogens (tertiary/aromatic N) is 4. The van der Waals surface area contributed by atoms with E-state index >= 15 is 0 Å². The van der Waals surface area contributed by atoms with Crippen molar-refractivity contribution in [2.45, 2.75) is 19.9 Å². The van der Waals surface area contributed by atoms with E-state index < -0.39 is 0 Å². The van der Waals surface area contributed by atoms with Gasteiger partial charge in [-0.25, -0.2) is 9.50 Å². The number of hydrogen-bond donors (Lipinski definition) is 2. The normalized spacial score (nSPS) is 10.8. The third-order valence-electron chi connectivity index (χ3n) is 4.54. The van der Waals surface area contributed by atoms with Gasteiger partial charge in [0, 0.05) is 42.8 Å². The molecule has 3 aromatic heterocycles. The molecule has 29 heavy (non-hydrogen) atoms. The van der Waals surface area contributed by atoms with Gasteiger partial charge >= 0.3 is 0 Å². The molecule has 0 spiro atoms. The van der Waals surface area contributed by atoms with Crippen molar-refractivity contribution in [3.63, 3.8) is 0 Å². The second kappa shape index (κ2) is 8.52. The fourth-order valence-corrected chi connectivity index (χ4v) is 3.03. The maximum atomic E-state index is 12.3. The van der Waals surface area contributed by atoms with E-state index in [4.69, 9.17) is 4.98 Å². The number of carbonyl (C=O) groups excluding carboxylic acids is 1. The zero-order chi connectivity index (χ0) is 20.1. The topological polar surface area (TPSA) is 84.2 Å². The lowest BCUT2D eigenvalue weighted by Crippen LogP contribution is -2.23. The Morgan fingerprint density at radius 3 is 2.90 bits per heavy atom. The summed E-state index contributed by atoms with van der Waals surface area (Å²) < 4.78 is 1.73. The maximum Gasteiger partial charge on any atom is 0.251 e. The molecule has 7 heteroatoms. The first kappa shape index (κ1) is 18.6. The second-order valence-electron chi connectivity index (χ2n) is 6.69. The summed E-state index contributed by atoms with van der Waals surface area (Å²) in [5.41, 5.74) is 4.21. The molecule has 4 rings (SSSR count). The number of carbonyl (C=O) groups is 1. The van der Waals surface area contributed by atoms with E-state index in [9.17, 15) is 4.79 Å². The molecular weight excluding hydrogens is 364 g/mol. The van der Waals surface area contributed by atoms with Gasteiger partial charge in [0.05, 0.1) is 6.20 Å². The average molecular weight is 386 g/mol. The largest absolute Gasteiger partial charge is 0.366 e. The summed E-state index contributed by atoms with van der Waals surface area (Å²) >= 11 is 0. The molecule has 2 N–H and O–H groups in total. The first-order valence-electron chi connectivity index (χ1n) is 9.60. The molecule has 7 nitrogen and oxygen atoms in total. The van der Waals surface area contributed by atoms with Gasteiger partial charge in [0.25, 0.3) is 5.91 Å². The van der Waals surface area contributed by atoms with Crippen LogP contribution in [0.15, 0.2) is 67.3 Å².